The first-order valence-corrected chi connectivity index (χ1v) is 12.2. The topological polar surface area (TPSA) is 78.5 Å². The van der Waals surface area contributed by atoms with Gasteiger partial charge in [-0.3, -0.25) is 14.5 Å². The molecule has 1 saturated heterocycles. The summed E-state index contributed by atoms with van der Waals surface area (Å²) >= 11 is 0. The molecule has 180 valence electrons. The van der Waals surface area contributed by atoms with E-state index in [-0.39, 0.29) is 12.6 Å². The number of halogens is 1. The number of benzene rings is 2. The van der Waals surface area contributed by atoms with E-state index < -0.39 is 29.2 Å². The zero-order valence-electron chi connectivity index (χ0n) is 19.8. The molecule has 1 aliphatic carbocycles. The maximum atomic E-state index is 13.5. The van der Waals surface area contributed by atoms with Crippen molar-refractivity contribution in [2.24, 2.45) is 0 Å². The van der Waals surface area contributed by atoms with E-state index in [1.165, 1.54) is 48.2 Å². The van der Waals surface area contributed by atoms with Crippen LogP contribution < -0.4 is 10.6 Å². The Morgan fingerprint density at radius 3 is 2.53 bits per heavy atom. The molecule has 2 N–H and O–H groups in total. The predicted octanol–water partition coefficient (Wildman–Crippen LogP) is 4.52. The number of aryl methyl sites for hydroxylation is 2. The molecule has 7 heteroatoms. The number of rotatable bonds is 8. The molecule has 2 aliphatic rings. The number of nitrogens with one attached hydrogen (secondary N) is 2. The lowest BCUT2D eigenvalue weighted by Crippen LogP contribution is -2.45. The number of hydrogen-bond donors (Lipinski definition) is 2. The van der Waals surface area contributed by atoms with Gasteiger partial charge in [0.2, 0.25) is 5.91 Å². The molecular weight excluding hydrogens is 433 g/mol. The Hall–Kier alpha value is -3.22. The molecule has 6 nitrogen and oxygen atoms in total. The largest absolute Gasteiger partial charge is 0.348 e. The van der Waals surface area contributed by atoms with Crippen LogP contribution in [0.2, 0.25) is 0 Å². The number of carbonyl (C=O) groups is 3. The van der Waals surface area contributed by atoms with Gasteiger partial charge in [0.25, 0.3) is 5.91 Å². The second-order valence-electron chi connectivity index (χ2n) is 9.36. The molecule has 1 fully saturated rings. The van der Waals surface area contributed by atoms with E-state index in [0.29, 0.717) is 18.4 Å². The van der Waals surface area contributed by atoms with Gasteiger partial charge in [0.05, 0.1) is 6.04 Å². The van der Waals surface area contributed by atoms with Gasteiger partial charge < -0.3 is 10.6 Å². The second kappa shape index (κ2) is 9.95. The van der Waals surface area contributed by atoms with Crippen molar-refractivity contribution in [3.63, 3.8) is 0 Å². The summed E-state index contributed by atoms with van der Waals surface area (Å²) in [6, 6.07) is 11.1. The maximum Gasteiger partial charge on any atom is 0.325 e. The number of nitrogens with zero attached hydrogens (tertiary/aromatic N) is 1. The third kappa shape index (κ3) is 4.69. The number of fused-ring (bicyclic) bond motifs is 1. The molecule has 4 amide bonds. The maximum absolute atomic E-state index is 13.5. The van der Waals surface area contributed by atoms with Gasteiger partial charge in [-0.2, -0.15) is 0 Å². The van der Waals surface area contributed by atoms with Crippen LogP contribution in [0.15, 0.2) is 42.5 Å². The van der Waals surface area contributed by atoms with Gasteiger partial charge in [0, 0.05) is 0 Å². The first kappa shape index (κ1) is 23.9. The number of unbranched alkanes of at least 4 members (excludes halogenated alkanes) is 1. The fraction of sp³-hybridized carbons (Fsp3) is 0.444. The summed E-state index contributed by atoms with van der Waals surface area (Å²) in [5.74, 6) is -1.30. The number of amides is 4. The highest BCUT2D eigenvalue weighted by Gasteiger charge is 2.52. The lowest BCUT2D eigenvalue weighted by atomic mass is 9.85. The SMILES string of the molecule is CCCC[C@]1(c2ccc(F)cc2)NC(=O)N(CC(=O)N[C@@H](C)c2ccc3c(c2)CCCC3)C1=O. The summed E-state index contributed by atoms with van der Waals surface area (Å²) in [7, 11) is 0. The van der Waals surface area contributed by atoms with Crippen LogP contribution in [0, 0.1) is 5.82 Å². The molecule has 34 heavy (non-hydrogen) atoms. The third-order valence-corrected chi connectivity index (χ3v) is 6.97. The Bertz CT molecular complexity index is 1090. The molecule has 0 saturated carbocycles. The van der Waals surface area contributed by atoms with E-state index in [1.807, 2.05) is 19.9 Å². The molecule has 4 rings (SSSR count). The fourth-order valence-corrected chi connectivity index (χ4v) is 4.99. The molecule has 0 unspecified atom stereocenters. The first-order valence-electron chi connectivity index (χ1n) is 12.2. The highest BCUT2D eigenvalue weighted by Crippen LogP contribution is 2.34. The molecule has 1 heterocycles. The van der Waals surface area contributed by atoms with Crippen molar-refractivity contribution < 1.29 is 18.8 Å². The summed E-state index contributed by atoms with van der Waals surface area (Å²) in [6.45, 7) is 3.53. The molecule has 0 radical (unpaired) electrons. The summed E-state index contributed by atoms with van der Waals surface area (Å²) in [6.07, 6.45) is 6.43. The van der Waals surface area contributed by atoms with E-state index in [1.54, 1.807) is 0 Å². The Balaban J connectivity index is 1.47. The van der Waals surface area contributed by atoms with Crippen LogP contribution in [0.3, 0.4) is 0 Å². The van der Waals surface area contributed by atoms with Crippen molar-refractivity contribution >= 4 is 17.8 Å². The number of hydrogen-bond acceptors (Lipinski definition) is 3. The van der Waals surface area contributed by atoms with Crippen LogP contribution in [0.25, 0.3) is 0 Å². The first-order chi connectivity index (χ1) is 16.3. The van der Waals surface area contributed by atoms with Crippen LogP contribution in [-0.4, -0.2) is 29.3 Å². The van der Waals surface area contributed by atoms with E-state index >= 15 is 0 Å². The molecule has 2 aromatic rings. The minimum Gasteiger partial charge on any atom is -0.348 e. The summed E-state index contributed by atoms with van der Waals surface area (Å²) in [5.41, 5.74) is 2.95. The van der Waals surface area contributed by atoms with Gasteiger partial charge in [0.1, 0.15) is 17.9 Å². The fourth-order valence-electron chi connectivity index (χ4n) is 4.99. The van der Waals surface area contributed by atoms with Gasteiger partial charge in [-0.05, 0) is 73.4 Å². The summed E-state index contributed by atoms with van der Waals surface area (Å²) < 4.78 is 13.5. The standard InChI is InChI=1S/C27H32FN3O3/c1-3-4-15-27(22-11-13-23(28)14-12-22)25(33)31(26(34)30-27)17-24(32)29-18(2)20-10-9-19-7-5-6-8-21(19)16-20/h9-14,16,18H,3-8,15,17H2,1-2H3,(H,29,32)(H,30,34)/t18-,27+/m0/s1. The van der Waals surface area contributed by atoms with Crippen molar-refractivity contribution in [2.75, 3.05) is 6.54 Å². The molecule has 0 aromatic heterocycles. The molecule has 2 aromatic carbocycles. The van der Waals surface area contributed by atoms with Gasteiger partial charge in [-0.1, -0.05) is 50.1 Å². The Kier molecular flexibility index (Phi) is 7.00. The van der Waals surface area contributed by atoms with Crippen LogP contribution in [0.5, 0.6) is 0 Å². The lowest BCUT2D eigenvalue weighted by molar-refractivity contribution is -0.135. The molecule has 1 aliphatic heterocycles. The predicted molar refractivity (Wildman–Crippen MR) is 127 cm³/mol. The normalized spacial score (nSPS) is 20.6. The van der Waals surface area contributed by atoms with Gasteiger partial charge in [0.15, 0.2) is 0 Å². The molecule has 2 atom stereocenters. The van der Waals surface area contributed by atoms with E-state index in [2.05, 4.69) is 22.8 Å². The zero-order valence-corrected chi connectivity index (χ0v) is 19.8. The van der Waals surface area contributed by atoms with Crippen molar-refractivity contribution in [2.45, 2.75) is 70.4 Å². The molecule has 0 spiro atoms. The number of imide groups is 1. The summed E-state index contributed by atoms with van der Waals surface area (Å²) in [4.78, 5) is 40.0. The average Bonchev–Trinajstić information content (AvgIpc) is 3.07. The zero-order chi connectivity index (χ0) is 24.3. The summed E-state index contributed by atoms with van der Waals surface area (Å²) in [5, 5.41) is 5.72. The van der Waals surface area contributed by atoms with Crippen LogP contribution >= 0.6 is 0 Å². The van der Waals surface area contributed by atoms with Crippen LogP contribution in [0.1, 0.15) is 74.2 Å². The number of carbonyl (C=O) groups excluding carboxylic acids is 3. The highest BCUT2D eigenvalue weighted by molar-refractivity contribution is 6.09. The quantitative estimate of drug-likeness (QED) is 0.563. The monoisotopic (exact) mass is 465 g/mol. The lowest BCUT2D eigenvalue weighted by Gasteiger charge is -2.27. The van der Waals surface area contributed by atoms with Crippen molar-refractivity contribution in [3.05, 3.63) is 70.5 Å². The van der Waals surface area contributed by atoms with Gasteiger partial charge in [-0.25, -0.2) is 9.18 Å². The average molecular weight is 466 g/mol. The van der Waals surface area contributed by atoms with Crippen molar-refractivity contribution in [1.29, 1.82) is 0 Å². The third-order valence-electron chi connectivity index (χ3n) is 6.97. The van der Waals surface area contributed by atoms with E-state index in [4.69, 9.17) is 0 Å². The Morgan fingerprint density at radius 2 is 1.82 bits per heavy atom. The van der Waals surface area contributed by atoms with Crippen LogP contribution in [0.4, 0.5) is 9.18 Å². The molecule has 0 bridgehead atoms. The highest BCUT2D eigenvalue weighted by atomic mass is 19.1. The van der Waals surface area contributed by atoms with Crippen molar-refractivity contribution in [3.8, 4) is 0 Å². The van der Waals surface area contributed by atoms with E-state index in [0.717, 1.165) is 29.7 Å². The minimum atomic E-state index is -1.29. The Morgan fingerprint density at radius 1 is 1.12 bits per heavy atom. The Labute approximate surface area is 199 Å². The van der Waals surface area contributed by atoms with Crippen LogP contribution in [-0.2, 0) is 28.0 Å². The second-order valence-corrected chi connectivity index (χ2v) is 9.36. The van der Waals surface area contributed by atoms with Gasteiger partial charge >= 0.3 is 6.03 Å². The van der Waals surface area contributed by atoms with E-state index in [9.17, 15) is 18.8 Å². The number of urea groups is 1. The molecular formula is C27H32FN3O3. The van der Waals surface area contributed by atoms with Gasteiger partial charge in [-0.15, -0.1) is 0 Å². The smallest absolute Gasteiger partial charge is 0.325 e. The minimum absolute atomic E-state index is 0.248. The van der Waals surface area contributed by atoms with Crippen molar-refractivity contribution in [1.82, 2.24) is 15.5 Å².